The molecule has 1 saturated heterocycles. The van der Waals surface area contributed by atoms with Crippen molar-refractivity contribution in [3.63, 3.8) is 0 Å². The van der Waals surface area contributed by atoms with Crippen molar-refractivity contribution in [2.24, 2.45) is 10.4 Å². The molecule has 0 aromatic carbocycles. The summed E-state index contributed by atoms with van der Waals surface area (Å²) < 4.78 is 0. The van der Waals surface area contributed by atoms with Gasteiger partial charge < -0.3 is 20.6 Å². The molecule has 28 heavy (non-hydrogen) atoms. The highest BCUT2D eigenvalue weighted by atomic mass is 127. The Morgan fingerprint density at radius 2 is 2.07 bits per heavy atom. The van der Waals surface area contributed by atoms with Crippen LogP contribution in [0, 0.1) is 5.41 Å². The van der Waals surface area contributed by atoms with Crippen LogP contribution in [0.15, 0.2) is 23.5 Å². The van der Waals surface area contributed by atoms with Gasteiger partial charge in [-0.25, -0.2) is 9.97 Å². The fraction of sp³-hybridized carbons (Fsp3) is 0.750. The number of aliphatic hydroxyl groups excluding tert-OH is 1. The van der Waals surface area contributed by atoms with Crippen molar-refractivity contribution >= 4 is 35.9 Å². The van der Waals surface area contributed by atoms with Crippen LogP contribution in [-0.4, -0.2) is 59.4 Å². The van der Waals surface area contributed by atoms with Gasteiger partial charge in [-0.05, 0) is 38.7 Å². The van der Waals surface area contributed by atoms with Crippen molar-refractivity contribution in [2.75, 3.05) is 31.1 Å². The zero-order valence-corrected chi connectivity index (χ0v) is 19.4. The second-order valence-electron chi connectivity index (χ2n) is 8.09. The molecule has 2 heterocycles. The first-order valence-corrected chi connectivity index (χ1v) is 10.4. The van der Waals surface area contributed by atoms with Gasteiger partial charge in [0.25, 0.3) is 0 Å². The van der Waals surface area contributed by atoms with E-state index in [0.29, 0.717) is 12.6 Å². The normalized spacial score (nSPS) is 28.4. The number of rotatable bonds is 5. The molecule has 8 heteroatoms. The summed E-state index contributed by atoms with van der Waals surface area (Å²) in [5, 5.41) is 17.4. The first kappa shape index (κ1) is 23.1. The van der Waals surface area contributed by atoms with Crippen LogP contribution in [0.5, 0.6) is 0 Å². The van der Waals surface area contributed by atoms with Gasteiger partial charge in [0.15, 0.2) is 5.96 Å². The molecule has 2 fully saturated rings. The highest BCUT2D eigenvalue weighted by molar-refractivity contribution is 14.0. The van der Waals surface area contributed by atoms with E-state index >= 15 is 0 Å². The number of anilines is 1. The van der Waals surface area contributed by atoms with E-state index in [2.05, 4.69) is 39.3 Å². The standard InChI is InChI=1S/C20H34N6O.HI/c1-3-21-18(24-15-20(2)10-5-4-9-17(20)27)25-16-8-6-13-26(14-16)19-22-11-7-12-23-19;/h7,11-12,16-17,27H,3-6,8-10,13-15H2,1-2H3,(H2,21,24,25);1H. The van der Waals surface area contributed by atoms with Gasteiger partial charge in [0.1, 0.15) is 0 Å². The number of hydrogen-bond acceptors (Lipinski definition) is 5. The minimum absolute atomic E-state index is 0. The van der Waals surface area contributed by atoms with Crippen LogP contribution in [0.25, 0.3) is 0 Å². The van der Waals surface area contributed by atoms with E-state index in [1.165, 1.54) is 6.42 Å². The van der Waals surface area contributed by atoms with Crippen molar-refractivity contribution in [2.45, 2.75) is 64.5 Å². The van der Waals surface area contributed by atoms with Crippen LogP contribution in [0.1, 0.15) is 52.4 Å². The molecule has 3 rings (SSSR count). The highest BCUT2D eigenvalue weighted by Crippen LogP contribution is 2.36. The number of piperidine rings is 1. The number of guanidine groups is 1. The fourth-order valence-electron chi connectivity index (χ4n) is 4.07. The minimum atomic E-state index is -0.252. The predicted molar refractivity (Wildman–Crippen MR) is 124 cm³/mol. The van der Waals surface area contributed by atoms with E-state index in [1.807, 2.05) is 6.07 Å². The first-order chi connectivity index (χ1) is 13.1. The second kappa shape index (κ2) is 11.1. The molecule has 3 N–H and O–H groups in total. The molecule has 1 aliphatic carbocycles. The van der Waals surface area contributed by atoms with Gasteiger partial charge in [-0.1, -0.05) is 19.8 Å². The summed E-state index contributed by atoms with van der Waals surface area (Å²) >= 11 is 0. The molecule has 3 atom stereocenters. The molecule has 2 aliphatic rings. The topological polar surface area (TPSA) is 85.7 Å². The van der Waals surface area contributed by atoms with Crippen LogP contribution in [0.2, 0.25) is 0 Å². The Hall–Kier alpha value is -1.16. The van der Waals surface area contributed by atoms with Gasteiger partial charge in [-0.15, -0.1) is 24.0 Å². The van der Waals surface area contributed by atoms with E-state index in [0.717, 1.165) is 63.6 Å². The summed E-state index contributed by atoms with van der Waals surface area (Å²) in [4.78, 5) is 15.8. The second-order valence-corrected chi connectivity index (χ2v) is 8.09. The van der Waals surface area contributed by atoms with Gasteiger partial charge in [0.2, 0.25) is 5.95 Å². The number of halogens is 1. The van der Waals surface area contributed by atoms with Crippen LogP contribution in [0.3, 0.4) is 0 Å². The lowest BCUT2D eigenvalue weighted by molar-refractivity contribution is 0.00715. The third kappa shape index (κ3) is 6.17. The average Bonchev–Trinajstić information content (AvgIpc) is 2.70. The van der Waals surface area contributed by atoms with Gasteiger partial charge in [0, 0.05) is 43.5 Å². The molecule has 0 bridgehead atoms. The molecule has 1 aliphatic heterocycles. The summed E-state index contributed by atoms with van der Waals surface area (Å²) in [6.07, 6.45) is 9.78. The number of nitrogens with one attached hydrogen (secondary N) is 2. The largest absolute Gasteiger partial charge is 0.392 e. The summed E-state index contributed by atoms with van der Waals surface area (Å²) in [7, 11) is 0. The number of aliphatic imine (C=N–C) groups is 1. The Bertz CT molecular complexity index is 616. The van der Waals surface area contributed by atoms with Crippen molar-refractivity contribution in [1.29, 1.82) is 0 Å². The van der Waals surface area contributed by atoms with E-state index < -0.39 is 0 Å². The molecule has 0 radical (unpaired) electrons. The Morgan fingerprint density at radius 1 is 1.29 bits per heavy atom. The lowest BCUT2D eigenvalue weighted by atomic mass is 9.73. The Labute approximate surface area is 185 Å². The molecule has 1 saturated carbocycles. The zero-order valence-electron chi connectivity index (χ0n) is 17.1. The van der Waals surface area contributed by atoms with Crippen LogP contribution in [0.4, 0.5) is 5.95 Å². The maximum atomic E-state index is 10.4. The third-order valence-corrected chi connectivity index (χ3v) is 5.82. The molecule has 158 valence electrons. The van der Waals surface area contributed by atoms with Gasteiger partial charge in [0.05, 0.1) is 12.6 Å². The lowest BCUT2D eigenvalue weighted by Gasteiger charge is -2.37. The number of aliphatic hydroxyl groups is 1. The zero-order chi connectivity index (χ0) is 19.1. The highest BCUT2D eigenvalue weighted by Gasteiger charge is 2.35. The number of aromatic nitrogens is 2. The van der Waals surface area contributed by atoms with Gasteiger partial charge in [-0.3, -0.25) is 4.99 Å². The van der Waals surface area contributed by atoms with Crippen LogP contribution in [-0.2, 0) is 0 Å². The minimum Gasteiger partial charge on any atom is -0.392 e. The van der Waals surface area contributed by atoms with Crippen LogP contribution >= 0.6 is 24.0 Å². The van der Waals surface area contributed by atoms with Crippen molar-refractivity contribution < 1.29 is 5.11 Å². The Morgan fingerprint density at radius 3 is 2.79 bits per heavy atom. The summed E-state index contributed by atoms with van der Waals surface area (Å²) in [6, 6.07) is 2.16. The van der Waals surface area contributed by atoms with Gasteiger partial charge >= 0.3 is 0 Å². The number of nitrogens with zero attached hydrogens (tertiary/aromatic N) is 4. The summed E-state index contributed by atoms with van der Waals surface area (Å²) in [5.41, 5.74) is -0.114. The van der Waals surface area contributed by atoms with Crippen molar-refractivity contribution in [3.05, 3.63) is 18.5 Å². The SMILES string of the molecule is CCNC(=NCC1(C)CCCCC1O)NC1CCCN(c2ncccn2)C1.I. The predicted octanol–water partition coefficient (Wildman–Crippen LogP) is 2.56. The van der Waals surface area contributed by atoms with E-state index in [4.69, 9.17) is 4.99 Å². The summed E-state index contributed by atoms with van der Waals surface area (Å²) in [6.45, 7) is 7.58. The maximum absolute atomic E-state index is 10.4. The fourth-order valence-corrected chi connectivity index (χ4v) is 4.07. The first-order valence-electron chi connectivity index (χ1n) is 10.4. The monoisotopic (exact) mass is 502 g/mol. The Balaban J connectivity index is 0.00000280. The Kier molecular flexibility index (Phi) is 9.20. The van der Waals surface area contributed by atoms with E-state index in [1.54, 1.807) is 12.4 Å². The molecule has 1 aromatic heterocycles. The van der Waals surface area contributed by atoms with Gasteiger partial charge in [-0.2, -0.15) is 0 Å². The number of hydrogen-bond donors (Lipinski definition) is 3. The summed E-state index contributed by atoms with van der Waals surface area (Å²) in [5.74, 6) is 1.64. The quantitative estimate of drug-likeness (QED) is 0.326. The molecular formula is C20H35IN6O. The molecule has 0 amide bonds. The molecule has 7 nitrogen and oxygen atoms in total. The maximum Gasteiger partial charge on any atom is 0.225 e. The molecule has 0 spiro atoms. The van der Waals surface area contributed by atoms with Crippen LogP contribution < -0.4 is 15.5 Å². The van der Waals surface area contributed by atoms with E-state index in [9.17, 15) is 5.11 Å². The third-order valence-electron chi connectivity index (χ3n) is 5.82. The molecule has 1 aromatic rings. The smallest absolute Gasteiger partial charge is 0.225 e. The average molecular weight is 502 g/mol. The van der Waals surface area contributed by atoms with Crippen molar-refractivity contribution in [1.82, 2.24) is 20.6 Å². The molecule has 3 unspecified atom stereocenters. The van der Waals surface area contributed by atoms with Crippen molar-refractivity contribution in [3.8, 4) is 0 Å². The lowest BCUT2D eigenvalue weighted by Crippen LogP contribution is -2.52. The molecular weight excluding hydrogens is 467 g/mol. The van der Waals surface area contributed by atoms with E-state index in [-0.39, 0.29) is 35.5 Å².